The Kier molecular flexibility index (Phi) is 4.19. The average Bonchev–Trinajstić information content (AvgIpc) is 2.54. The number of alkyl halides is 3. The molecule has 0 bridgehead atoms. The molecule has 1 fully saturated rings. The fourth-order valence-corrected chi connectivity index (χ4v) is 2.89. The van der Waals surface area contributed by atoms with Crippen molar-refractivity contribution in [1.82, 2.24) is 15.0 Å². The summed E-state index contributed by atoms with van der Waals surface area (Å²) in [6, 6.07) is 4.96. The molecule has 0 aliphatic carbocycles. The maximum absolute atomic E-state index is 12.9. The molecule has 0 saturated carbocycles. The molecule has 4 nitrogen and oxygen atoms in total. The highest BCUT2D eigenvalue weighted by molar-refractivity contribution is 5.34. The van der Waals surface area contributed by atoms with E-state index in [1.165, 1.54) is 5.56 Å². The Morgan fingerprint density at radius 3 is 2.35 bits per heavy atom. The van der Waals surface area contributed by atoms with E-state index in [-0.39, 0.29) is 5.95 Å². The highest BCUT2D eigenvalue weighted by Gasteiger charge is 2.34. The van der Waals surface area contributed by atoms with Gasteiger partial charge in [0.25, 0.3) is 0 Å². The Hall–Kier alpha value is -2.18. The molecule has 122 valence electrons. The van der Waals surface area contributed by atoms with E-state index in [2.05, 4.69) is 15.0 Å². The lowest BCUT2D eigenvalue weighted by Crippen LogP contribution is -2.34. The first-order valence-corrected chi connectivity index (χ1v) is 7.51. The molecule has 1 aliphatic rings. The topological polar surface area (TPSA) is 41.9 Å². The van der Waals surface area contributed by atoms with E-state index < -0.39 is 11.9 Å². The predicted octanol–water partition coefficient (Wildman–Crippen LogP) is 3.58. The molecule has 2 aromatic heterocycles. The molecule has 0 N–H and O–H groups in total. The Balaban J connectivity index is 1.74. The summed E-state index contributed by atoms with van der Waals surface area (Å²) in [6.45, 7) is 2.85. The SMILES string of the molecule is Cc1cc(C(F)(F)F)nc(N2CCC(c3ccncc3)CC2)n1. The minimum atomic E-state index is -4.45. The summed E-state index contributed by atoms with van der Waals surface area (Å²) >= 11 is 0. The van der Waals surface area contributed by atoms with E-state index >= 15 is 0 Å². The smallest absolute Gasteiger partial charge is 0.341 e. The summed E-state index contributed by atoms with van der Waals surface area (Å²) in [7, 11) is 0. The van der Waals surface area contributed by atoms with Gasteiger partial charge < -0.3 is 4.90 Å². The van der Waals surface area contributed by atoms with Gasteiger partial charge in [0.05, 0.1) is 0 Å². The van der Waals surface area contributed by atoms with Crippen molar-refractivity contribution in [2.24, 2.45) is 0 Å². The molecule has 0 atom stereocenters. The first kappa shape index (κ1) is 15.7. The molecule has 3 rings (SSSR count). The first-order chi connectivity index (χ1) is 10.9. The van der Waals surface area contributed by atoms with Crippen molar-refractivity contribution < 1.29 is 13.2 Å². The number of aromatic nitrogens is 3. The van der Waals surface area contributed by atoms with E-state index in [1.807, 2.05) is 17.0 Å². The summed E-state index contributed by atoms with van der Waals surface area (Å²) in [5.74, 6) is 0.576. The molecule has 2 aromatic rings. The predicted molar refractivity (Wildman–Crippen MR) is 80.2 cm³/mol. The molecule has 1 aliphatic heterocycles. The summed E-state index contributed by atoms with van der Waals surface area (Å²) < 4.78 is 38.7. The van der Waals surface area contributed by atoms with E-state index in [0.717, 1.165) is 18.9 Å². The molecule has 0 amide bonds. The maximum Gasteiger partial charge on any atom is 0.433 e. The van der Waals surface area contributed by atoms with Crippen LogP contribution in [0.4, 0.5) is 19.1 Å². The first-order valence-electron chi connectivity index (χ1n) is 7.51. The van der Waals surface area contributed by atoms with Gasteiger partial charge in [0.15, 0.2) is 0 Å². The van der Waals surface area contributed by atoms with Gasteiger partial charge in [-0.15, -0.1) is 0 Å². The lowest BCUT2D eigenvalue weighted by molar-refractivity contribution is -0.141. The number of piperidine rings is 1. The number of hydrogen-bond acceptors (Lipinski definition) is 4. The van der Waals surface area contributed by atoms with E-state index in [1.54, 1.807) is 19.3 Å². The van der Waals surface area contributed by atoms with Gasteiger partial charge in [-0.3, -0.25) is 4.98 Å². The monoisotopic (exact) mass is 322 g/mol. The highest BCUT2D eigenvalue weighted by Crippen LogP contribution is 2.32. The van der Waals surface area contributed by atoms with Gasteiger partial charge >= 0.3 is 6.18 Å². The molecule has 1 saturated heterocycles. The number of nitrogens with zero attached hydrogens (tertiary/aromatic N) is 4. The van der Waals surface area contributed by atoms with Crippen LogP contribution in [0.1, 0.15) is 35.7 Å². The fourth-order valence-electron chi connectivity index (χ4n) is 2.89. The van der Waals surface area contributed by atoms with Crippen LogP contribution in [-0.2, 0) is 6.18 Å². The van der Waals surface area contributed by atoms with Crippen LogP contribution < -0.4 is 4.90 Å². The van der Waals surface area contributed by atoms with E-state index in [4.69, 9.17) is 0 Å². The van der Waals surface area contributed by atoms with Crippen LogP contribution in [0.2, 0.25) is 0 Å². The van der Waals surface area contributed by atoms with Crippen molar-refractivity contribution in [3.8, 4) is 0 Å². The van der Waals surface area contributed by atoms with E-state index in [0.29, 0.717) is 24.7 Å². The Morgan fingerprint density at radius 2 is 1.74 bits per heavy atom. The number of aryl methyl sites for hydroxylation is 1. The third kappa shape index (κ3) is 3.60. The number of anilines is 1. The standard InChI is InChI=1S/C16H17F3N4/c1-11-10-14(16(17,18)19)22-15(21-11)23-8-4-13(5-9-23)12-2-6-20-7-3-12/h2-3,6-7,10,13H,4-5,8-9H2,1H3. The van der Waals surface area contributed by atoms with Crippen molar-refractivity contribution in [3.05, 3.63) is 47.5 Å². The van der Waals surface area contributed by atoms with Gasteiger partial charge in [0.2, 0.25) is 5.95 Å². The third-order valence-corrected chi connectivity index (χ3v) is 4.09. The highest BCUT2D eigenvalue weighted by atomic mass is 19.4. The van der Waals surface area contributed by atoms with Crippen LogP contribution in [0.25, 0.3) is 0 Å². The molecule has 0 spiro atoms. The zero-order valence-corrected chi connectivity index (χ0v) is 12.7. The Labute approximate surface area is 132 Å². The third-order valence-electron chi connectivity index (χ3n) is 4.09. The molecule has 7 heteroatoms. The normalized spacial score (nSPS) is 16.6. The van der Waals surface area contributed by atoms with Crippen LogP contribution >= 0.6 is 0 Å². The van der Waals surface area contributed by atoms with Crippen LogP contribution in [0, 0.1) is 6.92 Å². The molecule has 23 heavy (non-hydrogen) atoms. The second kappa shape index (κ2) is 6.14. The van der Waals surface area contributed by atoms with Gasteiger partial charge in [0.1, 0.15) is 5.69 Å². The summed E-state index contributed by atoms with van der Waals surface area (Å²) in [5.41, 5.74) is 0.677. The number of hydrogen-bond donors (Lipinski definition) is 0. The minimum Gasteiger partial charge on any atom is -0.341 e. The van der Waals surface area contributed by atoms with Gasteiger partial charge in [-0.05, 0) is 49.4 Å². The number of pyridine rings is 1. The minimum absolute atomic E-state index is 0.172. The quantitative estimate of drug-likeness (QED) is 0.847. The largest absolute Gasteiger partial charge is 0.433 e. The molecule has 3 heterocycles. The van der Waals surface area contributed by atoms with Crippen molar-refractivity contribution in [1.29, 1.82) is 0 Å². The second-order valence-corrected chi connectivity index (χ2v) is 5.73. The van der Waals surface area contributed by atoms with Crippen molar-refractivity contribution in [3.63, 3.8) is 0 Å². The maximum atomic E-state index is 12.9. The molecule has 0 aromatic carbocycles. The molecular weight excluding hydrogens is 305 g/mol. The summed E-state index contributed by atoms with van der Waals surface area (Å²) in [5, 5.41) is 0. The van der Waals surface area contributed by atoms with Gasteiger partial charge in [-0.2, -0.15) is 13.2 Å². The van der Waals surface area contributed by atoms with Crippen LogP contribution in [-0.4, -0.2) is 28.0 Å². The number of halogens is 3. The van der Waals surface area contributed by atoms with Gasteiger partial charge in [-0.25, -0.2) is 9.97 Å². The van der Waals surface area contributed by atoms with Gasteiger partial charge in [0, 0.05) is 31.2 Å². The Bertz CT molecular complexity index is 665. The van der Waals surface area contributed by atoms with Crippen LogP contribution in [0.5, 0.6) is 0 Å². The molecule has 0 radical (unpaired) electrons. The fraction of sp³-hybridized carbons (Fsp3) is 0.438. The van der Waals surface area contributed by atoms with Crippen LogP contribution in [0.3, 0.4) is 0 Å². The molecular formula is C16H17F3N4. The lowest BCUT2D eigenvalue weighted by Gasteiger charge is -2.32. The Morgan fingerprint density at radius 1 is 1.09 bits per heavy atom. The van der Waals surface area contributed by atoms with Crippen molar-refractivity contribution in [2.75, 3.05) is 18.0 Å². The zero-order chi connectivity index (χ0) is 16.4. The lowest BCUT2D eigenvalue weighted by atomic mass is 9.90. The second-order valence-electron chi connectivity index (χ2n) is 5.73. The summed E-state index contributed by atoms with van der Waals surface area (Å²) in [6.07, 6.45) is 0.811. The van der Waals surface area contributed by atoms with Gasteiger partial charge in [-0.1, -0.05) is 0 Å². The number of rotatable bonds is 2. The zero-order valence-electron chi connectivity index (χ0n) is 12.7. The van der Waals surface area contributed by atoms with Crippen molar-refractivity contribution in [2.45, 2.75) is 31.9 Å². The summed E-state index contributed by atoms with van der Waals surface area (Å²) in [4.78, 5) is 13.7. The average molecular weight is 322 g/mol. The molecule has 0 unspecified atom stereocenters. The van der Waals surface area contributed by atoms with Crippen LogP contribution in [0.15, 0.2) is 30.6 Å². The van der Waals surface area contributed by atoms with E-state index in [9.17, 15) is 13.2 Å². The van der Waals surface area contributed by atoms with Crippen molar-refractivity contribution >= 4 is 5.95 Å².